The van der Waals surface area contributed by atoms with Gasteiger partial charge in [0, 0.05) is 32.1 Å². The van der Waals surface area contributed by atoms with Crippen LogP contribution in [0.1, 0.15) is 37.9 Å². The van der Waals surface area contributed by atoms with Gasteiger partial charge in [0.25, 0.3) is 0 Å². The monoisotopic (exact) mass is 356 g/mol. The maximum absolute atomic E-state index is 6.12. The number of ether oxygens (including phenoxy) is 2. The summed E-state index contributed by atoms with van der Waals surface area (Å²) < 4.78 is 13.9. The van der Waals surface area contributed by atoms with Gasteiger partial charge < -0.3 is 14.4 Å². The number of nitrogens with zero attached hydrogens (tertiary/aromatic N) is 4. The molecule has 6 heteroatoms. The lowest BCUT2D eigenvalue weighted by Gasteiger charge is -2.34. The zero-order chi connectivity index (χ0) is 17.8. The van der Waals surface area contributed by atoms with Crippen molar-refractivity contribution in [3.8, 4) is 5.82 Å². The molecule has 0 aromatic carbocycles. The molecule has 4 rings (SSSR count). The summed E-state index contributed by atoms with van der Waals surface area (Å²) in [5, 5.41) is 0. The van der Waals surface area contributed by atoms with Gasteiger partial charge >= 0.3 is 0 Å². The second-order valence-electron chi connectivity index (χ2n) is 7.21. The number of hydrogen-bond acceptors (Lipinski definition) is 5. The van der Waals surface area contributed by atoms with Crippen LogP contribution in [-0.4, -0.2) is 53.0 Å². The highest BCUT2D eigenvalue weighted by molar-refractivity contribution is 5.43. The average molecular weight is 356 g/mol. The van der Waals surface area contributed by atoms with E-state index in [9.17, 15) is 0 Å². The molecule has 2 aliphatic rings. The molecule has 140 valence electrons. The lowest BCUT2D eigenvalue weighted by molar-refractivity contribution is -0.0672. The lowest BCUT2D eigenvalue weighted by Crippen LogP contribution is -2.39. The van der Waals surface area contributed by atoms with Crippen molar-refractivity contribution in [2.24, 2.45) is 0 Å². The summed E-state index contributed by atoms with van der Waals surface area (Å²) in [7, 11) is 0. The van der Waals surface area contributed by atoms with Gasteiger partial charge in [-0.05, 0) is 51.2 Å². The molecule has 4 heterocycles. The standard InChI is InChI=1S/C20H28N4O2/c1-16-21-10-13-24(16)20-7-4-6-19(22-20)23-11-8-17(9-12-23)26-15-18-5-2-3-14-25-18/h4,6-7,10,13,17-18H,2-3,5,8-9,11-12,14-15H2,1H3/t18-/m1/s1. The Kier molecular flexibility index (Phi) is 5.51. The van der Waals surface area contributed by atoms with Crippen LogP contribution in [0.2, 0.25) is 0 Å². The van der Waals surface area contributed by atoms with Gasteiger partial charge in [0.2, 0.25) is 0 Å². The summed E-state index contributed by atoms with van der Waals surface area (Å²) in [6.07, 6.45) is 10.1. The molecule has 6 nitrogen and oxygen atoms in total. The molecular formula is C20H28N4O2. The summed E-state index contributed by atoms with van der Waals surface area (Å²) in [5.74, 6) is 2.90. The van der Waals surface area contributed by atoms with Gasteiger partial charge in [0.05, 0.1) is 18.8 Å². The Bertz CT molecular complexity index is 703. The quantitative estimate of drug-likeness (QED) is 0.824. The Hall–Kier alpha value is -1.92. The van der Waals surface area contributed by atoms with E-state index in [1.165, 1.54) is 12.8 Å². The number of piperidine rings is 1. The first kappa shape index (κ1) is 17.5. The van der Waals surface area contributed by atoms with Crippen LogP contribution >= 0.6 is 0 Å². The highest BCUT2D eigenvalue weighted by atomic mass is 16.5. The third kappa shape index (κ3) is 4.07. The maximum atomic E-state index is 6.12. The predicted molar refractivity (Wildman–Crippen MR) is 101 cm³/mol. The number of rotatable bonds is 5. The smallest absolute Gasteiger partial charge is 0.140 e. The second kappa shape index (κ2) is 8.18. The summed E-state index contributed by atoms with van der Waals surface area (Å²) in [6.45, 7) is 5.60. The van der Waals surface area contributed by atoms with Crippen molar-refractivity contribution in [1.29, 1.82) is 0 Å². The van der Waals surface area contributed by atoms with Crippen molar-refractivity contribution in [3.05, 3.63) is 36.4 Å². The molecule has 0 spiro atoms. The number of aryl methyl sites for hydroxylation is 1. The van der Waals surface area contributed by atoms with Crippen molar-refractivity contribution in [1.82, 2.24) is 14.5 Å². The number of anilines is 1. The first-order valence-corrected chi connectivity index (χ1v) is 9.75. The third-order valence-corrected chi connectivity index (χ3v) is 5.35. The van der Waals surface area contributed by atoms with Gasteiger partial charge in [0.15, 0.2) is 0 Å². The van der Waals surface area contributed by atoms with Crippen LogP contribution in [0.15, 0.2) is 30.6 Å². The van der Waals surface area contributed by atoms with E-state index >= 15 is 0 Å². The largest absolute Gasteiger partial charge is 0.376 e. The number of hydrogen-bond donors (Lipinski definition) is 0. The van der Waals surface area contributed by atoms with E-state index in [0.29, 0.717) is 12.2 Å². The number of imidazole rings is 1. The zero-order valence-corrected chi connectivity index (χ0v) is 15.5. The molecule has 1 atom stereocenters. The highest BCUT2D eigenvalue weighted by Gasteiger charge is 2.23. The summed E-state index contributed by atoms with van der Waals surface area (Å²) in [4.78, 5) is 11.5. The fourth-order valence-electron chi connectivity index (χ4n) is 3.78. The normalized spacial score (nSPS) is 21.9. The van der Waals surface area contributed by atoms with E-state index in [0.717, 1.165) is 63.0 Å². The molecule has 0 N–H and O–H groups in total. The van der Waals surface area contributed by atoms with Crippen molar-refractivity contribution in [2.45, 2.75) is 51.2 Å². The van der Waals surface area contributed by atoms with Gasteiger partial charge in [-0.1, -0.05) is 6.07 Å². The van der Waals surface area contributed by atoms with Crippen molar-refractivity contribution in [2.75, 3.05) is 31.2 Å². The minimum atomic E-state index is 0.304. The Morgan fingerprint density at radius 2 is 2.00 bits per heavy atom. The minimum absolute atomic E-state index is 0.304. The van der Waals surface area contributed by atoms with Gasteiger partial charge in [-0.2, -0.15) is 0 Å². The predicted octanol–water partition coefficient (Wildman–Crippen LogP) is 3.13. The average Bonchev–Trinajstić information content (AvgIpc) is 3.14. The highest BCUT2D eigenvalue weighted by Crippen LogP contribution is 2.22. The van der Waals surface area contributed by atoms with Crippen LogP contribution in [0.5, 0.6) is 0 Å². The van der Waals surface area contributed by atoms with Crippen molar-refractivity contribution >= 4 is 5.82 Å². The fourth-order valence-corrected chi connectivity index (χ4v) is 3.78. The SMILES string of the molecule is Cc1nccn1-c1cccc(N2CCC(OC[C@H]3CCCCO3)CC2)n1. The second-order valence-corrected chi connectivity index (χ2v) is 7.21. The molecule has 2 aromatic rings. The topological polar surface area (TPSA) is 52.4 Å². The summed E-state index contributed by atoms with van der Waals surface area (Å²) in [5.41, 5.74) is 0. The summed E-state index contributed by atoms with van der Waals surface area (Å²) >= 11 is 0. The van der Waals surface area contributed by atoms with Crippen LogP contribution in [-0.2, 0) is 9.47 Å². The first-order chi connectivity index (χ1) is 12.8. The molecule has 0 radical (unpaired) electrons. The molecule has 0 amide bonds. The molecule has 0 saturated carbocycles. The molecular weight excluding hydrogens is 328 g/mol. The van der Waals surface area contributed by atoms with Gasteiger partial charge in [-0.25, -0.2) is 9.97 Å². The van der Waals surface area contributed by atoms with Crippen LogP contribution in [0.3, 0.4) is 0 Å². The Morgan fingerprint density at radius 1 is 1.15 bits per heavy atom. The zero-order valence-electron chi connectivity index (χ0n) is 15.5. The van der Waals surface area contributed by atoms with Gasteiger partial charge in [-0.15, -0.1) is 0 Å². The number of aromatic nitrogens is 3. The maximum Gasteiger partial charge on any atom is 0.140 e. The summed E-state index contributed by atoms with van der Waals surface area (Å²) in [6, 6.07) is 6.19. The lowest BCUT2D eigenvalue weighted by atomic mass is 10.1. The van der Waals surface area contributed by atoms with Crippen LogP contribution in [0.25, 0.3) is 5.82 Å². The Labute approximate surface area is 155 Å². The van der Waals surface area contributed by atoms with Crippen molar-refractivity contribution < 1.29 is 9.47 Å². The molecule has 2 aromatic heterocycles. The van der Waals surface area contributed by atoms with Crippen LogP contribution < -0.4 is 4.90 Å². The van der Waals surface area contributed by atoms with Crippen molar-refractivity contribution in [3.63, 3.8) is 0 Å². The van der Waals surface area contributed by atoms with E-state index in [4.69, 9.17) is 14.5 Å². The van der Waals surface area contributed by atoms with Crippen LogP contribution in [0.4, 0.5) is 5.82 Å². The molecule has 26 heavy (non-hydrogen) atoms. The first-order valence-electron chi connectivity index (χ1n) is 9.75. The van der Waals surface area contributed by atoms with Crippen LogP contribution in [0, 0.1) is 6.92 Å². The van der Waals surface area contributed by atoms with Gasteiger partial charge in [-0.3, -0.25) is 4.57 Å². The van der Waals surface area contributed by atoms with E-state index < -0.39 is 0 Å². The fraction of sp³-hybridized carbons (Fsp3) is 0.600. The van der Waals surface area contributed by atoms with E-state index in [1.54, 1.807) is 0 Å². The third-order valence-electron chi connectivity index (χ3n) is 5.35. The molecule has 2 saturated heterocycles. The molecule has 0 bridgehead atoms. The molecule has 2 fully saturated rings. The Morgan fingerprint density at radius 3 is 2.73 bits per heavy atom. The minimum Gasteiger partial charge on any atom is -0.376 e. The Balaban J connectivity index is 1.31. The molecule has 2 aliphatic heterocycles. The molecule has 0 unspecified atom stereocenters. The van der Waals surface area contributed by atoms with Gasteiger partial charge in [0.1, 0.15) is 17.5 Å². The van der Waals surface area contributed by atoms with E-state index in [-0.39, 0.29) is 0 Å². The van der Waals surface area contributed by atoms with E-state index in [1.807, 2.05) is 30.0 Å². The van der Waals surface area contributed by atoms with E-state index in [2.05, 4.69) is 22.0 Å². The molecule has 0 aliphatic carbocycles. The number of pyridine rings is 1.